The number of nitrogens with one attached hydrogen (secondary N) is 1. The number of benzene rings is 2. The van der Waals surface area contributed by atoms with Crippen LogP contribution in [0.4, 0.5) is 5.82 Å². The van der Waals surface area contributed by atoms with Crippen molar-refractivity contribution in [1.29, 1.82) is 0 Å². The van der Waals surface area contributed by atoms with Crippen LogP contribution in [0.5, 0.6) is 5.75 Å². The normalized spacial score (nSPS) is 15.4. The molecule has 1 aliphatic rings. The second-order valence-corrected chi connectivity index (χ2v) is 7.78. The fourth-order valence-corrected chi connectivity index (χ4v) is 4.39. The van der Waals surface area contributed by atoms with Gasteiger partial charge in [-0.2, -0.15) is 5.10 Å². The van der Waals surface area contributed by atoms with Gasteiger partial charge in [0.15, 0.2) is 0 Å². The van der Waals surface area contributed by atoms with Crippen LogP contribution < -0.4 is 10.1 Å². The minimum absolute atomic E-state index is 0.128. The Kier molecular flexibility index (Phi) is 4.77. The molecule has 138 valence electrons. The predicted molar refractivity (Wildman–Crippen MR) is 104 cm³/mol. The number of nitrogens with zero attached hydrogens (tertiary/aromatic N) is 2. The van der Waals surface area contributed by atoms with Crippen molar-refractivity contribution in [2.24, 2.45) is 0 Å². The standard InChI is InChI=1S/C20H19N3O3S/c1-26-16-9-7-15(8-10-16)23-20(17-12-27(25)13-18(17)22-23)21-19(24)11-14-5-3-2-4-6-14/h2-10H,11-13H2,1H3,(H,21,24)/t27-/m1/s1. The van der Waals surface area contributed by atoms with E-state index in [0.29, 0.717) is 17.3 Å². The summed E-state index contributed by atoms with van der Waals surface area (Å²) < 4.78 is 18.9. The van der Waals surface area contributed by atoms with Crippen molar-refractivity contribution >= 4 is 22.5 Å². The lowest BCUT2D eigenvalue weighted by Gasteiger charge is -2.11. The minimum atomic E-state index is -0.968. The largest absolute Gasteiger partial charge is 0.497 e. The summed E-state index contributed by atoms with van der Waals surface area (Å²) >= 11 is 0. The van der Waals surface area contributed by atoms with Crippen molar-refractivity contribution in [2.75, 3.05) is 12.4 Å². The van der Waals surface area contributed by atoms with Crippen LogP contribution in [0.15, 0.2) is 54.6 Å². The molecule has 1 atom stereocenters. The second kappa shape index (κ2) is 7.36. The Morgan fingerprint density at radius 1 is 1.15 bits per heavy atom. The number of fused-ring (bicyclic) bond motifs is 1. The smallest absolute Gasteiger partial charge is 0.229 e. The zero-order valence-electron chi connectivity index (χ0n) is 14.8. The van der Waals surface area contributed by atoms with E-state index in [-0.39, 0.29) is 12.3 Å². The van der Waals surface area contributed by atoms with Gasteiger partial charge in [-0.3, -0.25) is 9.00 Å². The molecule has 0 fully saturated rings. The zero-order chi connectivity index (χ0) is 18.8. The number of methoxy groups -OCH3 is 1. The van der Waals surface area contributed by atoms with Crippen molar-refractivity contribution in [3.63, 3.8) is 0 Å². The van der Waals surface area contributed by atoms with Crippen LogP contribution in [0.2, 0.25) is 0 Å². The number of anilines is 1. The first kappa shape index (κ1) is 17.5. The maximum atomic E-state index is 12.6. The fraction of sp³-hybridized carbons (Fsp3) is 0.200. The molecule has 7 heteroatoms. The Morgan fingerprint density at radius 2 is 1.89 bits per heavy atom. The number of ether oxygens (including phenoxy) is 1. The van der Waals surface area contributed by atoms with E-state index in [1.807, 2.05) is 54.6 Å². The summed E-state index contributed by atoms with van der Waals surface area (Å²) in [5.74, 6) is 2.04. The molecular formula is C20H19N3O3S. The Labute approximate surface area is 159 Å². The number of carbonyl (C=O) groups excluding carboxylic acids is 1. The first-order valence-electron chi connectivity index (χ1n) is 8.58. The molecule has 0 aliphatic carbocycles. The summed E-state index contributed by atoms with van der Waals surface area (Å²) in [6.45, 7) is 0. The van der Waals surface area contributed by atoms with Crippen molar-refractivity contribution in [2.45, 2.75) is 17.9 Å². The Morgan fingerprint density at radius 3 is 2.59 bits per heavy atom. The van der Waals surface area contributed by atoms with Gasteiger partial charge in [0.25, 0.3) is 0 Å². The monoisotopic (exact) mass is 381 g/mol. The van der Waals surface area contributed by atoms with E-state index in [0.717, 1.165) is 28.3 Å². The zero-order valence-corrected chi connectivity index (χ0v) is 15.7. The van der Waals surface area contributed by atoms with Crippen molar-refractivity contribution in [3.05, 3.63) is 71.4 Å². The van der Waals surface area contributed by atoms with Gasteiger partial charge in [0.1, 0.15) is 11.6 Å². The molecule has 27 heavy (non-hydrogen) atoms. The van der Waals surface area contributed by atoms with Crippen molar-refractivity contribution in [3.8, 4) is 11.4 Å². The molecule has 0 spiro atoms. The third kappa shape index (κ3) is 3.64. The van der Waals surface area contributed by atoms with E-state index in [1.165, 1.54) is 0 Å². The van der Waals surface area contributed by atoms with E-state index < -0.39 is 10.8 Å². The Balaban J connectivity index is 1.65. The SMILES string of the molecule is COc1ccc(-n2nc3c(c2NC(=O)Cc2ccccc2)C[S@@](=O)C3)cc1. The van der Waals surface area contributed by atoms with E-state index >= 15 is 0 Å². The highest BCUT2D eigenvalue weighted by Gasteiger charge is 2.28. The van der Waals surface area contributed by atoms with Gasteiger partial charge in [0.05, 0.1) is 36.4 Å². The average Bonchev–Trinajstić information content (AvgIpc) is 3.20. The summed E-state index contributed by atoms with van der Waals surface area (Å²) in [7, 11) is 0.645. The Bertz CT molecular complexity index is 997. The molecule has 2 heterocycles. The molecule has 1 aliphatic heterocycles. The first-order chi connectivity index (χ1) is 13.1. The van der Waals surface area contributed by atoms with Gasteiger partial charge >= 0.3 is 0 Å². The van der Waals surface area contributed by atoms with Gasteiger partial charge in [0, 0.05) is 16.4 Å². The molecule has 0 radical (unpaired) electrons. The molecule has 0 unspecified atom stereocenters. The van der Waals surface area contributed by atoms with E-state index in [4.69, 9.17) is 4.74 Å². The van der Waals surface area contributed by atoms with Gasteiger partial charge in [0.2, 0.25) is 5.91 Å². The predicted octanol–water partition coefficient (Wildman–Crippen LogP) is 2.82. The van der Waals surface area contributed by atoms with Gasteiger partial charge in [-0.05, 0) is 29.8 Å². The molecule has 2 aromatic carbocycles. The maximum absolute atomic E-state index is 12.6. The summed E-state index contributed by atoms with van der Waals surface area (Å²) in [6, 6.07) is 17.0. The molecule has 3 aromatic rings. The summed E-state index contributed by atoms with van der Waals surface area (Å²) in [4.78, 5) is 12.6. The van der Waals surface area contributed by atoms with Crippen molar-refractivity contribution in [1.82, 2.24) is 9.78 Å². The van der Waals surface area contributed by atoms with E-state index in [2.05, 4.69) is 10.4 Å². The number of aromatic nitrogens is 2. The lowest BCUT2D eigenvalue weighted by atomic mass is 10.1. The molecule has 1 N–H and O–H groups in total. The van der Waals surface area contributed by atoms with Gasteiger partial charge in [-0.25, -0.2) is 4.68 Å². The average molecular weight is 381 g/mol. The summed E-state index contributed by atoms with van der Waals surface area (Å²) in [5, 5.41) is 7.58. The number of rotatable bonds is 5. The maximum Gasteiger partial charge on any atom is 0.229 e. The number of hydrogen-bond acceptors (Lipinski definition) is 4. The van der Waals surface area contributed by atoms with E-state index in [9.17, 15) is 9.00 Å². The molecule has 1 aromatic heterocycles. The molecule has 0 saturated heterocycles. The fourth-order valence-electron chi connectivity index (χ4n) is 3.12. The lowest BCUT2D eigenvalue weighted by molar-refractivity contribution is -0.115. The third-order valence-electron chi connectivity index (χ3n) is 4.45. The van der Waals surface area contributed by atoms with Crippen LogP contribution in [-0.4, -0.2) is 27.0 Å². The van der Waals surface area contributed by atoms with Crippen LogP contribution in [0.25, 0.3) is 5.69 Å². The molecule has 6 nitrogen and oxygen atoms in total. The summed E-state index contributed by atoms with van der Waals surface area (Å²) in [5.41, 5.74) is 3.38. The molecule has 1 amide bonds. The van der Waals surface area contributed by atoms with Crippen molar-refractivity contribution < 1.29 is 13.7 Å². The molecule has 0 bridgehead atoms. The van der Waals surface area contributed by atoms with E-state index in [1.54, 1.807) is 11.8 Å². The second-order valence-electron chi connectivity index (χ2n) is 6.32. The summed E-state index contributed by atoms with van der Waals surface area (Å²) in [6.07, 6.45) is 0.270. The molecule has 0 saturated carbocycles. The molecular weight excluding hydrogens is 362 g/mol. The topological polar surface area (TPSA) is 73.2 Å². The lowest BCUT2D eigenvalue weighted by Crippen LogP contribution is -2.18. The minimum Gasteiger partial charge on any atom is -0.497 e. The first-order valence-corrected chi connectivity index (χ1v) is 10.1. The van der Waals surface area contributed by atoms with Gasteiger partial charge in [-0.15, -0.1) is 0 Å². The quantitative estimate of drug-likeness (QED) is 0.738. The van der Waals surface area contributed by atoms with Crippen LogP contribution in [0, 0.1) is 0 Å². The van der Waals surface area contributed by atoms with Gasteiger partial charge in [-0.1, -0.05) is 30.3 Å². The van der Waals surface area contributed by atoms with Crippen LogP contribution >= 0.6 is 0 Å². The van der Waals surface area contributed by atoms with Crippen LogP contribution in [0.3, 0.4) is 0 Å². The highest BCUT2D eigenvalue weighted by molar-refractivity contribution is 7.83. The number of amides is 1. The highest BCUT2D eigenvalue weighted by atomic mass is 32.2. The van der Waals surface area contributed by atoms with Crippen LogP contribution in [-0.2, 0) is 33.5 Å². The highest BCUT2D eigenvalue weighted by Crippen LogP contribution is 2.31. The number of hydrogen-bond donors (Lipinski definition) is 1. The third-order valence-corrected chi connectivity index (χ3v) is 5.66. The van der Waals surface area contributed by atoms with Crippen LogP contribution in [0.1, 0.15) is 16.8 Å². The Hall–Kier alpha value is -2.93. The molecule has 4 rings (SSSR count). The number of carbonyl (C=O) groups is 1. The van der Waals surface area contributed by atoms with Gasteiger partial charge < -0.3 is 10.1 Å².